The van der Waals surface area contributed by atoms with Gasteiger partial charge in [0.15, 0.2) is 0 Å². The Balaban J connectivity index is 2.59. The Bertz CT molecular complexity index is 114. The zero-order chi connectivity index (χ0) is 7.12. The van der Waals surface area contributed by atoms with E-state index in [0.29, 0.717) is 0 Å². The Labute approximate surface area is 50.8 Å². The van der Waals surface area contributed by atoms with Crippen molar-refractivity contribution in [1.82, 2.24) is 0 Å². The monoisotopic (exact) mass is 140 g/mol. The lowest BCUT2D eigenvalue weighted by Crippen LogP contribution is -2.51. The van der Waals surface area contributed by atoms with E-state index in [1.165, 1.54) is 0 Å². The molecule has 54 valence electrons. The normalized spacial score (nSPS) is 25.3. The molecule has 0 aromatic heterocycles. The van der Waals surface area contributed by atoms with Crippen molar-refractivity contribution in [3.05, 3.63) is 0 Å². The molecule has 1 saturated heterocycles. The smallest absolute Gasteiger partial charge is 0.379 e. The van der Waals surface area contributed by atoms with Crippen molar-refractivity contribution in [2.24, 2.45) is 5.41 Å². The number of ether oxygens (including phenoxy) is 1. The van der Waals surface area contributed by atoms with Gasteiger partial charge in [-0.1, -0.05) is 0 Å². The molecule has 4 heteroatoms. The first-order valence-electron chi connectivity index (χ1n) is 2.60. The van der Waals surface area contributed by atoms with Crippen LogP contribution in [0.4, 0.5) is 13.2 Å². The Morgan fingerprint density at radius 1 is 1.33 bits per heavy atom. The maximum atomic E-state index is 11.8. The summed E-state index contributed by atoms with van der Waals surface area (Å²) in [6, 6.07) is 0. The highest BCUT2D eigenvalue weighted by Crippen LogP contribution is 2.43. The zero-order valence-corrected chi connectivity index (χ0v) is 4.96. The third-order valence-electron chi connectivity index (χ3n) is 1.53. The lowest BCUT2D eigenvalue weighted by atomic mass is 9.88. The predicted molar refractivity (Wildman–Crippen MR) is 25.0 cm³/mol. The summed E-state index contributed by atoms with van der Waals surface area (Å²) in [4.78, 5) is 0. The molecule has 0 bridgehead atoms. The van der Waals surface area contributed by atoms with Gasteiger partial charge in [0, 0.05) is 0 Å². The average Bonchev–Trinajstić information content (AvgIpc) is 1.57. The van der Waals surface area contributed by atoms with Crippen molar-refractivity contribution in [1.29, 1.82) is 0 Å². The van der Waals surface area contributed by atoms with E-state index in [-0.39, 0.29) is 13.2 Å². The maximum absolute atomic E-state index is 11.8. The van der Waals surface area contributed by atoms with Gasteiger partial charge in [0.05, 0.1) is 13.2 Å². The molecule has 0 aromatic rings. The third kappa shape index (κ3) is 0.913. The molecular formula is C5H7F3O. The molecule has 0 radical (unpaired) electrons. The van der Waals surface area contributed by atoms with Gasteiger partial charge >= 0.3 is 6.18 Å². The second-order valence-corrected chi connectivity index (χ2v) is 2.55. The van der Waals surface area contributed by atoms with Crippen LogP contribution in [0.3, 0.4) is 0 Å². The Morgan fingerprint density at radius 3 is 1.78 bits per heavy atom. The minimum absolute atomic E-state index is 0.184. The van der Waals surface area contributed by atoms with Crippen LogP contribution in [0, 0.1) is 5.41 Å². The highest BCUT2D eigenvalue weighted by Gasteiger charge is 2.56. The summed E-state index contributed by atoms with van der Waals surface area (Å²) in [5, 5.41) is 0. The van der Waals surface area contributed by atoms with Gasteiger partial charge < -0.3 is 4.74 Å². The molecular weight excluding hydrogens is 133 g/mol. The summed E-state index contributed by atoms with van der Waals surface area (Å²) < 4.78 is 39.9. The van der Waals surface area contributed by atoms with Crippen LogP contribution in [0.1, 0.15) is 6.92 Å². The van der Waals surface area contributed by atoms with E-state index < -0.39 is 11.6 Å². The molecule has 0 unspecified atom stereocenters. The molecule has 0 saturated carbocycles. The summed E-state index contributed by atoms with van der Waals surface area (Å²) in [6.45, 7) is 0.795. The van der Waals surface area contributed by atoms with Gasteiger partial charge in [-0.25, -0.2) is 0 Å². The lowest BCUT2D eigenvalue weighted by Gasteiger charge is -2.39. The van der Waals surface area contributed by atoms with Crippen LogP contribution in [0.2, 0.25) is 0 Å². The van der Waals surface area contributed by atoms with Crippen molar-refractivity contribution >= 4 is 0 Å². The zero-order valence-electron chi connectivity index (χ0n) is 4.96. The fraction of sp³-hybridized carbons (Fsp3) is 1.00. The number of hydrogen-bond acceptors (Lipinski definition) is 1. The van der Waals surface area contributed by atoms with E-state index in [4.69, 9.17) is 0 Å². The quantitative estimate of drug-likeness (QED) is 0.496. The minimum atomic E-state index is -4.09. The van der Waals surface area contributed by atoms with Gasteiger partial charge in [0.1, 0.15) is 5.41 Å². The van der Waals surface area contributed by atoms with Crippen molar-refractivity contribution in [2.75, 3.05) is 13.2 Å². The summed E-state index contributed by atoms with van der Waals surface area (Å²) in [5.74, 6) is 0. The molecule has 1 heterocycles. The van der Waals surface area contributed by atoms with Gasteiger partial charge in [-0.05, 0) is 6.92 Å². The van der Waals surface area contributed by atoms with E-state index in [2.05, 4.69) is 4.74 Å². The highest BCUT2D eigenvalue weighted by molar-refractivity contribution is 4.87. The number of hydrogen-bond donors (Lipinski definition) is 0. The molecule has 9 heavy (non-hydrogen) atoms. The van der Waals surface area contributed by atoms with Crippen molar-refractivity contribution < 1.29 is 17.9 Å². The molecule has 0 aliphatic carbocycles. The van der Waals surface area contributed by atoms with Crippen molar-refractivity contribution in [2.45, 2.75) is 13.1 Å². The SMILES string of the molecule is CC1(C(F)(F)F)COC1. The number of halogens is 3. The summed E-state index contributed by atoms with van der Waals surface area (Å²) in [6.07, 6.45) is -4.09. The van der Waals surface area contributed by atoms with E-state index in [0.717, 1.165) is 6.92 Å². The molecule has 1 aliphatic rings. The first-order chi connectivity index (χ1) is 3.96. The first-order valence-corrected chi connectivity index (χ1v) is 2.60. The Morgan fingerprint density at radius 2 is 1.78 bits per heavy atom. The molecule has 0 atom stereocenters. The molecule has 0 N–H and O–H groups in total. The third-order valence-corrected chi connectivity index (χ3v) is 1.53. The second kappa shape index (κ2) is 1.62. The van der Waals surface area contributed by atoms with E-state index in [1.807, 2.05) is 0 Å². The molecule has 0 aromatic carbocycles. The largest absolute Gasteiger partial charge is 0.398 e. The summed E-state index contributed by atoms with van der Waals surface area (Å²) in [5.41, 5.74) is -1.56. The molecule has 1 aliphatic heterocycles. The lowest BCUT2D eigenvalue weighted by molar-refractivity contribution is -0.295. The van der Waals surface area contributed by atoms with Crippen molar-refractivity contribution in [3.63, 3.8) is 0 Å². The van der Waals surface area contributed by atoms with Crippen molar-refractivity contribution in [3.8, 4) is 0 Å². The van der Waals surface area contributed by atoms with E-state index >= 15 is 0 Å². The maximum Gasteiger partial charge on any atom is 0.398 e. The van der Waals surface area contributed by atoms with E-state index in [1.54, 1.807) is 0 Å². The van der Waals surface area contributed by atoms with Crippen LogP contribution in [0.15, 0.2) is 0 Å². The molecule has 1 nitrogen and oxygen atoms in total. The summed E-state index contributed by atoms with van der Waals surface area (Å²) in [7, 11) is 0. The van der Waals surface area contributed by atoms with Gasteiger partial charge in [-0.3, -0.25) is 0 Å². The molecule has 0 spiro atoms. The van der Waals surface area contributed by atoms with Crippen LogP contribution < -0.4 is 0 Å². The number of rotatable bonds is 0. The van der Waals surface area contributed by atoms with Crippen LogP contribution in [0.5, 0.6) is 0 Å². The van der Waals surface area contributed by atoms with Crippen LogP contribution in [-0.2, 0) is 4.74 Å². The topological polar surface area (TPSA) is 9.23 Å². The fourth-order valence-electron chi connectivity index (χ4n) is 0.572. The molecule has 0 amide bonds. The standard InChI is InChI=1S/C5H7F3O/c1-4(2-9-3-4)5(6,7)8/h2-3H2,1H3. The van der Waals surface area contributed by atoms with Gasteiger partial charge in [-0.2, -0.15) is 13.2 Å². The van der Waals surface area contributed by atoms with Crippen LogP contribution in [0.25, 0.3) is 0 Å². The van der Waals surface area contributed by atoms with Crippen LogP contribution >= 0.6 is 0 Å². The molecule has 1 rings (SSSR count). The summed E-state index contributed by atoms with van der Waals surface area (Å²) >= 11 is 0. The fourth-order valence-corrected chi connectivity index (χ4v) is 0.572. The Kier molecular flexibility index (Phi) is 1.24. The van der Waals surface area contributed by atoms with Gasteiger partial charge in [-0.15, -0.1) is 0 Å². The number of alkyl halides is 3. The van der Waals surface area contributed by atoms with Crippen LogP contribution in [-0.4, -0.2) is 19.4 Å². The first kappa shape index (κ1) is 6.86. The Hall–Kier alpha value is -0.250. The predicted octanol–water partition coefficient (Wildman–Crippen LogP) is 1.59. The second-order valence-electron chi connectivity index (χ2n) is 2.55. The van der Waals surface area contributed by atoms with E-state index in [9.17, 15) is 13.2 Å². The van der Waals surface area contributed by atoms with Gasteiger partial charge in [0.2, 0.25) is 0 Å². The van der Waals surface area contributed by atoms with Gasteiger partial charge in [0.25, 0.3) is 0 Å². The highest BCUT2D eigenvalue weighted by atomic mass is 19.4. The molecule has 1 fully saturated rings. The average molecular weight is 140 g/mol. The minimum Gasteiger partial charge on any atom is -0.379 e.